The van der Waals surface area contributed by atoms with Crippen molar-refractivity contribution in [3.8, 4) is 0 Å². The van der Waals surface area contributed by atoms with Gasteiger partial charge in [0.25, 0.3) is 0 Å². The predicted molar refractivity (Wildman–Crippen MR) is 91.6 cm³/mol. The van der Waals surface area contributed by atoms with Crippen molar-refractivity contribution < 1.29 is 0 Å². The summed E-state index contributed by atoms with van der Waals surface area (Å²) < 4.78 is 0. The topological polar surface area (TPSA) is 12.0 Å². The lowest BCUT2D eigenvalue weighted by molar-refractivity contribution is 0.571. The van der Waals surface area contributed by atoms with E-state index in [9.17, 15) is 0 Å². The first-order chi connectivity index (χ1) is 9.86. The minimum atomic E-state index is 0.223. The minimum Gasteiger partial charge on any atom is -0.306 e. The molecule has 0 heterocycles. The van der Waals surface area contributed by atoms with E-state index >= 15 is 0 Å². The number of hydrogen-bond acceptors (Lipinski definition) is 1. The Morgan fingerprint density at radius 2 is 1.67 bits per heavy atom. The highest BCUT2D eigenvalue weighted by atomic mass is 14.9. The number of rotatable bonds is 4. The van der Waals surface area contributed by atoms with Gasteiger partial charge in [0, 0.05) is 12.6 Å². The molecule has 2 rings (SSSR count). The average Bonchev–Trinajstić information content (AvgIpc) is 2.44. The minimum absolute atomic E-state index is 0.223. The summed E-state index contributed by atoms with van der Waals surface area (Å²) in [6.45, 7) is 12.0. The molecule has 1 heteroatoms. The van der Waals surface area contributed by atoms with E-state index in [-0.39, 0.29) is 5.41 Å². The lowest BCUT2D eigenvalue weighted by atomic mass is 9.87. The van der Waals surface area contributed by atoms with Gasteiger partial charge in [-0.25, -0.2) is 0 Å². The molecule has 0 saturated carbocycles. The second kappa shape index (κ2) is 6.44. The van der Waals surface area contributed by atoms with E-state index in [4.69, 9.17) is 0 Å². The van der Waals surface area contributed by atoms with Crippen molar-refractivity contribution in [2.45, 2.75) is 52.6 Å². The Kier molecular flexibility index (Phi) is 4.84. The summed E-state index contributed by atoms with van der Waals surface area (Å²) in [6.07, 6.45) is 0. The lowest BCUT2D eigenvalue weighted by Crippen LogP contribution is -2.18. The summed E-state index contributed by atoms with van der Waals surface area (Å²) in [7, 11) is 0. The second-order valence-corrected chi connectivity index (χ2v) is 6.96. The summed E-state index contributed by atoms with van der Waals surface area (Å²) in [4.78, 5) is 0. The molecule has 1 atom stereocenters. The van der Waals surface area contributed by atoms with Crippen LogP contribution >= 0.6 is 0 Å². The molecule has 0 unspecified atom stereocenters. The van der Waals surface area contributed by atoms with Crippen molar-refractivity contribution >= 4 is 0 Å². The highest BCUT2D eigenvalue weighted by molar-refractivity contribution is 5.28. The maximum absolute atomic E-state index is 3.60. The van der Waals surface area contributed by atoms with Gasteiger partial charge in [-0.05, 0) is 36.0 Å². The molecule has 21 heavy (non-hydrogen) atoms. The largest absolute Gasteiger partial charge is 0.306 e. The summed E-state index contributed by atoms with van der Waals surface area (Å²) in [6, 6.07) is 18.0. The molecule has 0 amide bonds. The van der Waals surface area contributed by atoms with Crippen molar-refractivity contribution in [2.24, 2.45) is 0 Å². The van der Waals surface area contributed by atoms with Crippen LogP contribution < -0.4 is 5.32 Å². The Hall–Kier alpha value is -1.60. The highest BCUT2D eigenvalue weighted by Gasteiger charge is 2.13. The van der Waals surface area contributed by atoms with E-state index in [1.54, 1.807) is 0 Å². The summed E-state index contributed by atoms with van der Waals surface area (Å²) >= 11 is 0. The van der Waals surface area contributed by atoms with E-state index in [2.05, 4.69) is 88.5 Å². The normalized spacial score (nSPS) is 13.2. The molecular weight excluding hydrogens is 254 g/mol. The molecule has 0 saturated heterocycles. The van der Waals surface area contributed by atoms with Gasteiger partial charge in [0.2, 0.25) is 0 Å². The molecular formula is C20H27N. The van der Waals surface area contributed by atoms with Crippen LogP contribution in [0.15, 0.2) is 48.5 Å². The van der Waals surface area contributed by atoms with Crippen LogP contribution in [0.5, 0.6) is 0 Å². The van der Waals surface area contributed by atoms with Crippen LogP contribution in [0.2, 0.25) is 0 Å². The molecule has 0 aliphatic rings. The number of nitrogens with one attached hydrogen (secondary N) is 1. The van der Waals surface area contributed by atoms with Crippen LogP contribution in [0.25, 0.3) is 0 Å². The number of benzene rings is 2. The first kappa shape index (κ1) is 15.8. The fraction of sp³-hybridized carbons (Fsp3) is 0.400. The summed E-state index contributed by atoms with van der Waals surface area (Å²) in [5.41, 5.74) is 5.61. The molecule has 2 aromatic rings. The number of hydrogen-bond donors (Lipinski definition) is 1. The Labute approximate surface area is 129 Å². The molecule has 0 aliphatic carbocycles. The maximum Gasteiger partial charge on any atom is 0.0295 e. The molecule has 2 aromatic carbocycles. The lowest BCUT2D eigenvalue weighted by Gasteiger charge is -2.20. The SMILES string of the molecule is Cc1cccc([C@@H](C)NCc2ccc(C(C)(C)C)cc2)c1. The van der Waals surface area contributed by atoms with Gasteiger partial charge in [-0.15, -0.1) is 0 Å². The van der Waals surface area contributed by atoms with Gasteiger partial charge in [0.05, 0.1) is 0 Å². The third-order valence-electron chi connectivity index (χ3n) is 3.97. The van der Waals surface area contributed by atoms with Gasteiger partial charge in [-0.2, -0.15) is 0 Å². The van der Waals surface area contributed by atoms with Crippen LogP contribution in [0.1, 0.15) is 56.0 Å². The van der Waals surface area contributed by atoms with Crippen molar-refractivity contribution in [3.05, 3.63) is 70.8 Å². The molecule has 0 aromatic heterocycles. The van der Waals surface area contributed by atoms with Gasteiger partial charge < -0.3 is 5.32 Å². The monoisotopic (exact) mass is 281 g/mol. The van der Waals surface area contributed by atoms with Crippen LogP contribution in [0.3, 0.4) is 0 Å². The average molecular weight is 281 g/mol. The van der Waals surface area contributed by atoms with Gasteiger partial charge in [-0.1, -0.05) is 74.9 Å². The zero-order valence-electron chi connectivity index (χ0n) is 13.9. The zero-order chi connectivity index (χ0) is 15.5. The summed E-state index contributed by atoms with van der Waals surface area (Å²) in [5.74, 6) is 0. The number of aryl methyl sites for hydroxylation is 1. The van der Waals surface area contributed by atoms with Crippen molar-refractivity contribution in [3.63, 3.8) is 0 Å². The zero-order valence-corrected chi connectivity index (χ0v) is 13.9. The molecule has 0 bridgehead atoms. The van der Waals surface area contributed by atoms with Crippen molar-refractivity contribution in [1.29, 1.82) is 0 Å². The fourth-order valence-corrected chi connectivity index (χ4v) is 2.45. The van der Waals surface area contributed by atoms with E-state index in [1.807, 2.05) is 0 Å². The van der Waals surface area contributed by atoms with E-state index < -0.39 is 0 Å². The molecule has 0 radical (unpaired) electrons. The molecule has 0 aliphatic heterocycles. The Morgan fingerprint density at radius 3 is 2.24 bits per heavy atom. The van der Waals surface area contributed by atoms with Crippen molar-refractivity contribution in [2.75, 3.05) is 0 Å². The highest BCUT2D eigenvalue weighted by Crippen LogP contribution is 2.22. The molecule has 1 nitrogen and oxygen atoms in total. The second-order valence-electron chi connectivity index (χ2n) is 6.96. The van der Waals surface area contributed by atoms with Gasteiger partial charge >= 0.3 is 0 Å². The Morgan fingerprint density at radius 1 is 1.00 bits per heavy atom. The maximum atomic E-state index is 3.60. The van der Waals surface area contributed by atoms with E-state index in [0.717, 1.165) is 6.54 Å². The Balaban J connectivity index is 1.97. The van der Waals surface area contributed by atoms with Crippen LogP contribution in [0.4, 0.5) is 0 Å². The van der Waals surface area contributed by atoms with Gasteiger partial charge in [-0.3, -0.25) is 0 Å². The first-order valence-electron chi connectivity index (χ1n) is 7.75. The van der Waals surface area contributed by atoms with E-state index in [1.165, 1.54) is 22.3 Å². The van der Waals surface area contributed by atoms with Crippen molar-refractivity contribution in [1.82, 2.24) is 5.32 Å². The molecule has 0 spiro atoms. The third-order valence-corrected chi connectivity index (χ3v) is 3.97. The molecule has 1 N–H and O–H groups in total. The van der Waals surface area contributed by atoms with Crippen LogP contribution in [0, 0.1) is 6.92 Å². The third kappa shape index (κ3) is 4.44. The van der Waals surface area contributed by atoms with Crippen LogP contribution in [-0.2, 0) is 12.0 Å². The van der Waals surface area contributed by atoms with E-state index in [0.29, 0.717) is 6.04 Å². The molecule has 112 valence electrons. The quantitative estimate of drug-likeness (QED) is 0.818. The first-order valence-corrected chi connectivity index (χ1v) is 7.75. The van der Waals surface area contributed by atoms with Crippen LogP contribution in [-0.4, -0.2) is 0 Å². The van der Waals surface area contributed by atoms with Gasteiger partial charge in [0.15, 0.2) is 0 Å². The summed E-state index contributed by atoms with van der Waals surface area (Å²) in [5, 5.41) is 3.60. The molecule has 0 fully saturated rings. The standard InChI is InChI=1S/C20H27N/c1-15-7-6-8-18(13-15)16(2)21-14-17-9-11-19(12-10-17)20(3,4)5/h6-13,16,21H,14H2,1-5H3/t16-/m1/s1. The smallest absolute Gasteiger partial charge is 0.0295 e. The fourth-order valence-electron chi connectivity index (χ4n) is 2.45. The predicted octanol–water partition coefficient (Wildman–Crippen LogP) is 5.14. The van der Waals surface area contributed by atoms with Gasteiger partial charge in [0.1, 0.15) is 0 Å². The Bertz CT molecular complexity index is 576.